The van der Waals surface area contributed by atoms with E-state index in [1.165, 1.54) is 35.9 Å². The summed E-state index contributed by atoms with van der Waals surface area (Å²) < 4.78 is 1.31. The third-order valence-corrected chi connectivity index (χ3v) is 3.76. The van der Waals surface area contributed by atoms with E-state index in [1.807, 2.05) is 0 Å². The van der Waals surface area contributed by atoms with Crippen molar-refractivity contribution in [1.29, 1.82) is 0 Å². The van der Waals surface area contributed by atoms with E-state index in [4.69, 9.17) is 0 Å². The third-order valence-electron chi connectivity index (χ3n) is 3.14. The molecule has 0 saturated carbocycles. The zero-order chi connectivity index (χ0) is 10.5. The number of nitrogens with zero attached hydrogens (tertiary/aromatic N) is 1. The zero-order valence-corrected chi connectivity index (χ0v) is 11.2. The normalized spacial score (nSPS) is 22.1. The first kappa shape index (κ1) is 11.4. The summed E-state index contributed by atoms with van der Waals surface area (Å²) in [5.74, 6) is 0.950. The molecule has 0 aliphatic carbocycles. The van der Waals surface area contributed by atoms with Crippen LogP contribution in [0.5, 0.6) is 0 Å². The van der Waals surface area contributed by atoms with E-state index in [0.29, 0.717) is 0 Å². The molecule has 1 atom stereocenters. The SMILES string of the molecule is ICCC1CCN(Cc2ccccc2)C1. The summed E-state index contributed by atoms with van der Waals surface area (Å²) in [7, 11) is 0. The van der Waals surface area contributed by atoms with Crippen molar-refractivity contribution < 1.29 is 0 Å². The Bertz CT molecular complexity index is 286. The molecule has 1 aromatic carbocycles. The van der Waals surface area contributed by atoms with Crippen LogP contribution >= 0.6 is 22.6 Å². The molecule has 1 aromatic rings. The molecule has 82 valence electrons. The molecule has 15 heavy (non-hydrogen) atoms. The molecule has 0 N–H and O–H groups in total. The Morgan fingerprint density at radius 3 is 2.80 bits per heavy atom. The molecule has 0 amide bonds. The highest BCUT2D eigenvalue weighted by Crippen LogP contribution is 2.21. The fourth-order valence-corrected chi connectivity index (χ4v) is 3.17. The zero-order valence-electron chi connectivity index (χ0n) is 9.03. The summed E-state index contributed by atoms with van der Waals surface area (Å²) in [5, 5.41) is 0. The average Bonchev–Trinajstić information content (AvgIpc) is 2.68. The van der Waals surface area contributed by atoms with Gasteiger partial charge in [-0.3, -0.25) is 4.90 Å². The Morgan fingerprint density at radius 2 is 2.07 bits per heavy atom. The maximum Gasteiger partial charge on any atom is 0.0233 e. The molecule has 1 aliphatic heterocycles. The summed E-state index contributed by atoms with van der Waals surface area (Å²) >= 11 is 2.49. The van der Waals surface area contributed by atoms with Crippen molar-refractivity contribution in [1.82, 2.24) is 4.90 Å². The Balaban J connectivity index is 1.82. The lowest BCUT2D eigenvalue weighted by molar-refractivity contribution is 0.316. The lowest BCUT2D eigenvalue weighted by Gasteiger charge is -2.15. The second-order valence-electron chi connectivity index (χ2n) is 4.35. The molecule has 2 heteroatoms. The van der Waals surface area contributed by atoms with Gasteiger partial charge in [-0.15, -0.1) is 0 Å². The Hall–Kier alpha value is -0.0900. The van der Waals surface area contributed by atoms with Crippen molar-refractivity contribution in [3.8, 4) is 0 Å². The van der Waals surface area contributed by atoms with Crippen LogP contribution in [0.15, 0.2) is 30.3 Å². The van der Waals surface area contributed by atoms with Gasteiger partial charge < -0.3 is 0 Å². The highest BCUT2D eigenvalue weighted by molar-refractivity contribution is 14.1. The topological polar surface area (TPSA) is 3.24 Å². The summed E-state index contributed by atoms with van der Waals surface area (Å²) in [6, 6.07) is 10.8. The van der Waals surface area contributed by atoms with Crippen molar-refractivity contribution in [2.45, 2.75) is 19.4 Å². The second kappa shape index (κ2) is 5.85. The molecule has 1 unspecified atom stereocenters. The van der Waals surface area contributed by atoms with Crippen LogP contribution in [0.2, 0.25) is 0 Å². The van der Waals surface area contributed by atoms with Crippen LogP contribution in [-0.2, 0) is 6.54 Å². The molecule has 1 fully saturated rings. The molecule has 0 radical (unpaired) electrons. The molecular weight excluding hydrogens is 297 g/mol. The minimum absolute atomic E-state index is 0.950. The Labute approximate surface area is 106 Å². The predicted molar refractivity (Wildman–Crippen MR) is 73.3 cm³/mol. The van der Waals surface area contributed by atoms with E-state index in [2.05, 4.69) is 57.8 Å². The lowest BCUT2D eigenvalue weighted by Crippen LogP contribution is -2.20. The first-order chi connectivity index (χ1) is 7.38. The first-order valence-corrected chi connectivity index (χ1v) is 7.23. The van der Waals surface area contributed by atoms with Crippen molar-refractivity contribution in [3.63, 3.8) is 0 Å². The summed E-state index contributed by atoms with van der Waals surface area (Å²) in [6.45, 7) is 3.73. The first-order valence-electron chi connectivity index (χ1n) is 5.70. The van der Waals surface area contributed by atoms with Crippen molar-refractivity contribution >= 4 is 22.6 Å². The average molecular weight is 315 g/mol. The van der Waals surface area contributed by atoms with E-state index in [1.54, 1.807) is 0 Å². The van der Waals surface area contributed by atoms with Crippen LogP contribution in [0.3, 0.4) is 0 Å². The number of likely N-dealkylation sites (tertiary alicyclic amines) is 1. The van der Waals surface area contributed by atoms with E-state index < -0.39 is 0 Å². The van der Waals surface area contributed by atoms with E-state index in [0.717, 1.165) is 12.5 Å². The number of hydrogen-bond donors (Lipinski definition) is 0. The van der Waals surface area contributed by atoms with E-state index >= 15 is 0 Å². The smallest absolute Gasteiger partial charge is 0.0233 e. The highest BCUT2D eigenvalue weighted by atomic mass is 127. The summed E-state index contributed by atoms with van der Waals surface area (Å²) in [4.78, 5) is 2.59. The molecule has 0 bridgehead atoms. The molecule has 1 nitrogen and oxygen atoms in total. The van der Waals surface area contributed by atoms with Crippen LogP contribution in [0.4, 0.5) is 0 Å². The van der Waals surface area contributed by atoms with Crippen LogP contribution in [0.1, 0.15) is 18.4 Å². The lowest BCUT2D eigenvalue weighted by atomic mass is 10.1. The number of benzene rings is 1. The fourth-order valence-electron chi connectivity index (χ4n) is 2.29. The maximum atomic E-state index is 2.59. The van der Waals surface area contributed by atoms with Crippen LogP contribution in [-0.4, -0.2) is 22.4 Å². The standard InChI is InChI=1S/C13H18IN/c14-8-6-13-7-9-15(11-13)10-12-4-2-1-3-5-12/h1-5,13H,6-11H2. The Morgan fingerprint density at radius 1 is 1.27 bits per heavy atom. The van der Waals surface area contributed by atoms with Gasteiger partial charge in [0.1, 0.15) is 0 Å². The van der Waals surface area contributed by atoms with Crippen LogP contribution in [0, 0.1) is 5.92 Å². The molecule has 0 spiro atoms. The van der Waals surface area contributed by atoms with Gasteiger partial charge in [-0.25, -0.2) is 0 Å². The molecule has 1 aliphatic rings. The second-order valence-corrected chi connectivity index (χ2v) is 5.43. The monoisotopic (exact) mass is 315 g/mol. The van der Waals surface area contributed by atoms with Gasteiger partial charge in [0.05, 0.1) is 0 Å². The van der Waals surface area contributed by atoms with Gasteiger partial charge in [0.2, 0.25) is 0 Å². The van der Waals surface area contributed by atoms with Crippen LogP contribution < -0.4 is 0 Å². The highest BCUT2D eigenvalue weighted by Gasteiger charge is 2.21. The molecular formula is C13H18IN. The fraction of sp³-hybridized carbons (Fsp3) is 0.538. The summed E-state index contributed by atoms with van der Waals surface area (Å²) in [6.07, 6.45) is 2.79. The number of alkyl halides is 1. The van der Waals surface area contributed by atoms with Gasteiger partial charge in [0, 0.05) is 13.1 Å². The largest absolute Gasteiger partial charge is 0.299 e. The van der Waals surface area contributed by atoms with Gasteiger partial charge in [-0.2, -0.15) is 0 Å². The number of hydrogen-bond acceptors (Lipinski definition) is 1. The minimum atomic E-state index is 0.950. The molecule has 2 rings (SSSR count). The quantitative estimate of drug-likeness (QED) is 0.608. The van der Waals surface area contributed by atoms with E-state index in [9.17, 15) is 0 Å². The molecule has 1 saturated heterocycles. The maximum absolute atomic E-state index is 2.59. The van der Waals surface area contributed by atoms with Crippen molar-refractivity contribution in [2.24, 2.45) is 5.92 Å². The van der Waals surface area contributed by atoms with Crippen LogP contribution in [0.25, 0.3) is 0 Å². The van der Waals surface area contributed by atoms with Gasteiger partial charge in [0.15, 0.2) is 0 Å². The number of rotatable bonds is 4. The molecule has 0 aromatic heterocycles. The van der Waals surface area contributed by atoms with Gasteiger partial charge in [-0.05, 0) is 35.3 Å². The van der Waals surface area contributed by atoms with Crippen molar-refractivity contribution in [2.75, 3.05) is 17.5 Å². The predicted octanol–water partition coefficient (Wildman–Crippen LogP) is 3.33. The van der Waals surface area contributed by atoms with E-state index in [-0.39, 0.29) is 0 Å². The summed E-state index contributed by atoms with van der Waals surface area (Å²) in [5.41, 5.74) is 1.45. The van der Waals surface area contributed by atoms with Crippen molar-refractivity contribution in [3.05, 3.63) is 35.9 Å². The minimum Gasteiger partial charge on any atom is -0.299 e. The third kappa shape index (κ3) is 3.45. The van der Waals surface area contributed by atoms with Gasteiger partial charge in [0.25, 0.3) is 0 Å². The Kier molecular flexibility index (Phi) is 4.44. The van der Waals surface area contributed by atoms with Gasteiger partial charge >= 0.3 is 0 Å². The number of halogens is 1. The molecule has 1 heterocycles. The van der Waals surface area contributed by atoms with Gasteiger partial charge in [-0.1, -0.05) is 52.9 Å².